The summed E-state index contributed by atoms with van der Waals surface area (Å²) in [6.45, 7) is 0.539. The van der Waals surface area contributed by atoms with Crippen molar-refractivity contribution < 1.29 is 13.2 Å². The fourth-order valence-corrected chi connectivity index (χ4v) is 4.16. The van der Waals surface area contributed by atoms with E-state index in [0.29, 0.717) is 13.0 Å². The second kappa shape index (κ2) is 5.06. The maximum Gasteiger partial charge on any atom is 0.151 e. The van der Waals surface area contributed by atoms with Gasteiger partial charge in [0.25, 0.3) is 0 Å². The van der Waals surface area contributed by atoms with Crippen LogP contribution < -0.4 is 10.1 Å². The van der Waals surface area contributed by atoms with E-state index in [1.54, 1.807) is 7.11 Å². The van der Waals surface area contributed by atoms with Crippen LogP contribution in [-0.4, -0.2) is 43.0 Å². The zero-order chi connectivity index (χ0) is 14.2. The van der Waals surface area contributed by atoms with E-state index in [0.717, 1.165) is 22.6 Å². The molecule has 3 rings (SSSR count). The number of rotatable bonds is 4. The maximum absolute atomic E-state index is 11.4. The molecule has 7 heteroatoms. The summed E-state index contributed by atoms with van der Waals surface area (Å²) in [5, 5.41) is 3.24. The van der Waals surface area contributed by atoms with Crippen molar-refractivity contribution in [2.24, 2.45) is 0 Å². The second-order valence-corrected chi connectivity index (χ2v) is 7.28. The second-order valence-electron chi connectivity index (χ2n) is 5.05. The number of hydrogen-bond acceptors (Lipinski definition) is 5. The molecule has 6 nitrogen and oxygen atoms in total. The van der Waals surface area contributed by atoms with Crippen LogP contribution in [0.5, 0.6) is 5.75 Å². The normalized spacial score (nSPS) is 21.4. The van der Waals surface area contributed by atoms with E-state index in [4.69, 9.17) is 4.74 Å². The monoisotopic (exact) mass is 295 g/mol. The molecular formula is C13H17N3O3S. The van der Waals surface area contributed by atoms with Crippen LogP contribution in [0.25, 0.3) is 11.0 Å². The van der Waals surface area contributed by atoms with Crippen LogP contribution in [-0.2, 0) is 16.4 Å². The zero-order valence-corrected chi connectivity index (χ0v) is 12.0. The van der Waals surface area contributed by atoms with Crippen molar-refractivity contribution >= 4 is 20.9 Å². The molecule has 2 heterocycles. The largest absolute Gasteiger partial charge is 0.497 e. The van der Waals surface area contributed by atoms with Crippen LogP contribution in [0.2, 0.25) is 0 Å². The topological polar surface area (TPSA) is 84.1 Å². The minimum atomic E-state index is -2.84. The van der Waals surface area contributed by atoms with Crippen molar-refractivity contribution in [2.75, 3.05) is 18.6 Å². The molecule has 1 atom stereocenters. The molecule has 1 fully saturated rings. The van der Waals surface area contributed by atoms with E-state index >= 15 is 0 Å². The van der Waals surface area contributed by atoms with Crippen LogP contribution in [0.15, 0.2) is 18.2 Å². The predicted octanol–water partition coefficient (Wildman–Crippen LogP) is 0.848. The summed E-state index contributed by atoms with van der Waals surface area (Å²) in [5.74, 6) is 2.09. The van der Waals surface area contributed by atoms with Crippen LogP contribution in [0, 0.1) is 0 Å². The van der Waals surface area contributed by atoms with Gasteiger partial charge in [0.2, 0.25) is 0 Å². The van der Waals surface area contributed by atoms with E-state index in [1.807, 2.05) is 18.2 Å². The van der Waals surface area contributed by atoms with Crippen LogP contribution in [0.4, 0.5) is 0 Å². The molecule has 1 aliphatic heterocycles. The highest BCUT2D eigenvalue weighted by molar-refractivity contribution is 7.91. The van der Waals surface area contributed by atoms with Gasteiger partial charge in [-0.3, -0.25) is 0 Å². The average molecular weight is 295 g/mol. The summed E-state index contributed by atoms with van der Waals surface area (Å²) in [4.78, 5) is 7.67. The van der Waals surface area contributed by atoms with Crippen molar-refractivity contribution in [1.82, 2.24) is 15.3 Å². The summed E-state index contributed by atoms with van der Waals surface area (Å²) in [5.41, 5.74) is 1.79. The Labute approximate surface area is 117 Å². The first-order chi connectivity index (χ1) is 9.55. The van der Waals surface area contributed by atoms with Gasteiger partial charge in [0.15, 0.2) is 9.84 Å². The molecule has 1 aromatic carbocycles. The molecular weight excluding hydrogens is 278 g/mol. The number of benzene rings is 1. The van der Waals surface area contributed by atoms with Gasteiger partial charge in [-0.15, -0.1) is 0 Å². The van der Waals surface area contributed by atoms with Gasteiger partial charge in [0.05, 0.1) is 36.2 Å². The Balaban J connectivity index is 1.69. The number of aromatic amines is 1. The molecule has 20 heavy (non-hydrogen) atoms. The number of H-pyrrole nitrogens is 1. The zero-order valence-electron chi connectivity index (χ0n) is 11.2. The van der Waals surface area contributed by atoms with Gasteiger partial charge in [-0.05, 0) is 18.6 Å². The number of methoxy groups -OCH3 is 1. The highest BCUT2D eigenvalue weighted by Gasteiger charge is 2.27. The number of imidazole rings is 1. The number of aromatic nitrogens is 2. The smallest absolute Gasteiger partial charge is 0.151 e. The summed E-state index contributed by atoms with van der Waals surface area (Å²) >= 11 is 0. The average Bonchev–Trinajstić information content (AvgIpc) is 2.98. The molecule has 1 saturated heterocycles. The number of nitrogens with zero attached hydrogens (tertiary/aromatic N) is 1. The van der Waals surface area contributed by atoms with Gasteiger partial charge in [-0.2, -0.15) is 0 Å². The van der Waals surface area contributed by atoms with Crippen LogP contribution in [0.1, 0.15) is 12.2 Å². The van der Waals surface area contributed by atoms with Gasteiger partial charge in [-0.25, -0.2) is 13.4 Å². The van der Waals surface area contributed by atoms with Crippen LogP contribution in [0.3, 0.4) is 0 Å². The first-order valence-corrected chi connectivity index (χ1v) is 8.34. The summed E-state index contributed by atoms with van der Waals surface area (Å²) in [7, 11) is -1.22. The molecule has 1 aromatic heterocycles. The molecule has 2 aromatic rings. The molecule has 0 saturated carbocycles. The minimum Gasteiger partial charge on any atom is -0.497 e. The van der Waals surface area contributed by atoms with Gasteiger partial charge in [0.1, 0.15) is 11.6 Å². The molecule has 0 spiro atoms. The standard InChI is InChI=1S/C13H17N3O3S/c1-19-10-2-3-11-12(6-10)16-13(15-11)7-14-9-4-5-20(17,18)8-9/h2-3,6,9,14H,4-5,7-8H2,1H3,(H,15,16). The fourth-order valence-electron chi connectivity index (χ4n) is 2.45. The predicted molar refractivity (Wildman–Crippen MR) is 76.5 cm³/mol. The lowest BCUT2D eigenvalue weighted by Crippen LogP contribution is -2.29. The number of nitrogens with one attached hydrogen (secondary N) is 2. The number of sulfone groups is 1. The number of ether oxygens (including phenoxy) is 1. The lowest BCUT2D eigenvalue weighted by atomic mass is 10.2. The van der Waals surface area contributed by atoms with E-state index in [9.17, 15) is 8.42 Å². The lowest BCUT2D eigenvalue weighted by Gasteiger charge is -2.08. The molecule has 1 aliphatic rings. The van der Waals surface area contributed by atoms with Gasteiger partial charge >= 0.3 is 0 Å². The Hall–Kier alpha value is -1.60. The first kappa shape index (κ1) is 13.4. The molecule has 108 valence electrons. The van der Waals surface area contributed by atoms with Gasteiger partial charge < -0.3 is 15.0 Å². The fraction of sp³-hybridized carbons (Fsp3) is 0.462. The molecule has 0 amide bonds. The quantitative estimate of drug-likeness (QED) is 0.873. The third kappa shape index (κ3) is 2.78. The Morgan fingerprint density at radius 1 is 1.50 bits per heavy atom. The highest BCUT2D eigenvalue weighted by atomic mass is 32.2. The van der Waals surface area contributed by atoms with Crippen molar-refractivity contribution in [2.45, 2.75) is 19.0 Å². The molecule has 0 aliphatic carbocycles. The van der Waals surface area contributed by atoms with E-state index in [2.05, 4.69) is 15.3 Å². The van der Waals surface area contributed by atoms with E-state index in [-0.39, 0.29) is 17.5 Å². The Morgan fingerprint density at radius 2 is 2.35 bits per heavy atom. The van der Waals surface area contributed by atoms with Crippen molar-refractivity contribution in [3.8, 4) is 5.75 Å². The summed E-state index contributed by atoms with van der Waals surface area (Å²) < 4.78 is 27.9. The molecule has 0 bridgehead atoms. The van der Waals surface area contributed by atoms with Crippen molar-refractivity contribution in [3.05, 3.63) is 24.0 Å². The van der Waals surface area contributed by atoms with Crippen molar-refractivity contribution in [1.29, 1.82) is 0 Å². The van der Waals surface area contributed by atoms with E-state index in [1.165, 1.54) is 0 Å². The third-order valence-electron chi connectivity index (χ3n) is 3.53. The van der Waals surface area contributed by atoms with Gasteiger partial charge in [0, 0.05) is 12.1 Å². The summed E-state index contributed by atoms with van der Waals surface area (Å²) in [6.07, 6.45) is 0.677. The van der Waals surface area contributed by atoms with Crippen LogP contribution >= 0.6 is 0 Å². The molecule has 2 N–H and O–H groups in total. The Kier molecular flexibility index (Phi) is 3.39. The number of fused-ring (bicyclic) bond motifs is 1. The molecule has 1 unspecified atom stereocenters. The first-order valence-electron chi connectivity index (χ1n) is 6.52. The number of hydrogen-bond donors (Lipinski definition) is 2. The Bertz CT molecular complexity index is 724. The summed E-state index contributed by atoms with van der Waals surface area (Å²) in [6, 6.07) is 5.69. The SMILES string of the molecule is COc1ccc2nc(CNC3CCS(=O)(=O)C3)[nH]c2c1. The van der Waals surface area contributed by atoms with Crippen molar-refractivity contribution in [3.63, 3.8) is 0 Å². The highest BCUT2D eigenvalue weighted by Crippen LogP contribution is 2.19. The van der Waals surface area contributed by atoms with E-state index < -0.39 is 9.84 Å². The maximum atomic E-state index is 11.4. The van der Waals surface area contributed by atoms with Gasteiger partial charge in [-0.1, -0.05) is 0 Å². The molecule has 0 radical (unpaired) electrons. The Morgan fingerprint density at radius 3 is 3.05 bits per heavy atom. The third-order valence-corrected chi connectivity index (χ3v) is 5.30. The lowest BCUT2D eigenvalue weighted by molar-refractivity contribution is 0.415. The minimum absolute atomic E-state index is 0.0303.